The van der Waals surface area contributed by atoms with Gasteiger partial charge in [0.05, 0.1) is 18.1 Å². The number of ether oxygens (including phenoxy) is 1. The molecule has 3 rings (SSSR count). The summed E-state index contributed by atoms with van der Waals surface area (Å²) in [5, 5.41) is 3.45. The average molecular weight is 370 g/mol. The van der Waals surface area contributed by atoms with E-state index >= 15 is 0 Å². The van der Waals surface area contributed by atoms with Crippen molar-refractivity contribution in [3.05, 3.63) is 62.9 Å². The van der Waals surface area contributed by atoms with Crippen LogP contribution in [0.1, 0.15) is 34.1 Å². The molecule has 2 heterocycles. The van der Waals surface area contributed by atoms with Gasteiger partial charge >= 0.3 is 0 Å². The van der Waals surface area contributed by atoms with Crippen LogP contribution in [0.4, 0.5) is 0 Å². The Morgan fingerprint density at radius 1 is 1.23 bits per heavy atom. The van der Waals surface area contributed by atoms with Gasteiger partial charge in [-0.05, 0) is 37.1 Å². The highest BCUT2D eigenvalue weighted by molar-refractivity contribution is 7.19. The maximum atomic E-state index is 12.8. The number of amides is 1. The minimum atomic E-state index is -0.212. The number of hydrogen-bond acceptors (Lipinski definition) is 4. The summed E-state index contributed by atoms with van der Waals surface area (Å²) in [6.07, 6.45) is 2.68. The van der Waals surface area contributed by atoms with Crippen LogP contribution in [0, 0.1) is 6.92 Å². The van der Waals surface area contributed by atoms with Crippen LogP contribution in [0.25, 0.3) is 10.1 Å². The number of benzene rings is 1. The lowest BCUT2D eigenvalue weighted by molar-refractivity contribution is 0.0952. The molecule has 0 aliphatic carbocycles. The zero-order valence-electron chi connectivity index (χ0n) is 15.2. The van der Waals surface area contributed by atoms with E-state index in [9.17, 15) is 9.59 Å². The molecule has 0 unspecified atom stereocenters. The summed E-state index contributed by atoms with van der Waals surface area (Å²) in [5.74, 6) is 0.562. The molecular weight excluding hydrogens is 348 g/mol. The van der Waals surface area contributed by atoms with Gasteiger partial charge in [0.15, 0.2) is 0 Å². The fraction of sp³-hybridized carbons (Fsp3) is 0.300. The lowest BCUT2D eigenvalue weighted by Gasteiger charge is -2.08. The number of nitrogens with zero attached hydrogens (tertiary/aromatic N) is 1. The Balaban J connectivity index is 1.88. The Kier molecular flexibility index (Phi) is 5.42. The summed E-state index contributed by atoms with van der Waals surface area (Å²) in [6, 6.07) is 9.45. The summed E-state index contributed by atoms with van der Waals surface area (Å²) < 4.78 is 7.67. The van der Waals surface area contributed by atoms with Crippen molar-refractivity contribution in [3.63, 3.8) is 0 Å². The van der Waals surface area contributed by atoms with E-state index in [-0.39, 0.29) is 11.5 Å². The van der Waals surface area contributed by atoms with Gasteiger partial charge < -0.3 is 14.6 Å². The van der Waals surface area contributed by atoms with Crippen molar-refractivity contribution in [2.45, 2.75) is 33.4 Å². The van der Waals surface area contributed by atoms with E-state index < -0.39 is 0 Å². The number of thiophene rings is 1. The smallest absolute Gasteiger partial charge is 0.260 e. The molecule has 0 fully saturated rings. The first kappa shape index (κ1) is 18.2. The highest BCUT2D eigenvalue weighted by atomic mass is 32.1. The topological polar surface area (TPSA) is 60.3 Å². The van der Waals surface area contributed by atoms with Crippen molar-refractivity contribution in [2.24, 2.45) is 0 Å². The lowest BCUT2D eigenvalue weighted by atomic mass is 10.1. The van der Waals surface area contributed by atoms with E-state index in [1.165, 1.54) is 11.3 Å². The standard InChI is InChI=1S/C20H22N2O3S/c1-4-10-22-11-9-16-18(20(22)24)17(13(2)26-16)19(23)21-12-14-5-7-15(25-3)8-6-14/h5-9,11H,4,10,12H2,1-3H3,(H,21,23). The summed E-state index contributed by atoms with van der Waals surface area (Å²) >= 11 is 1.48. The highest BCUT2D eigenvalue weighted by Crippen LogP contribution is 2.28. The quantitative estimate of drug-likeness (QED) is 0.719. The van der Waals surface area contributed by atoms with Crippen LogP contribution < -0.4 is 15.6 Å². The molecule has 0 aliphatic rings. The molecule has 0 aliphatic heterocycles. The second-order valence-electron chi connectivity index (χ2n) is 6.12. The van der Waals surface area contributed by atoms with Gasteiger partial charge in [0.1, 0.15) is 5.75 Å². The van der Waals surface area contributed by atoms with E-state index in [1.54, 1.807) is 11.7 Å². The maximum absolute atomic E-state index is 12.8. The van der Waals surface area contributed by atoms with Crippen LogP contribution in [0.5, 0.6) is 5.75 Å². The Morgan fingerprint density at radius 3 is 2.62 bits per heavy atom. The molecule has 1 aromatic carbocycles. The number of aromatic nitrogens is 1. The number of methoxy groups -OCH3 is 1. The van der Waals surface area contributed by atoms with Gasteiger partial charge in [-0.1, -0.05) is 19.1 Å². The van der Waals surface area contributed by atoms with E-state index in [2.05, 4.69) is 5.32 Å². The van der Waals surface area contributed by atoms with Gasteiger partial charge in [-0.15, -0.1) is 11.3 Å². The largest absolute Gasteiger partial charge is 0.497 e. The summed E-state index contributed by atoms with van der Waals surface area (Å²) in [5.41, 5.74) is 1.37. The normalized spacial score (nSPS) is 10.9. The van der Waals surface area contributed by atoms with Crippen molar-refractivity contribution in [1.29, 1.82) is 0 Å². The molecule has 3 aromatic rings. The summed E-state index contributed by atoms with van der Waals surface area (Å²) in [6.45, 7) is 4.96. The van der Waals surface area contributed by atoms with Crippen LogP contribution in [0.3, 0.4) is 0 Å². The predicted octanol–water partition coefficient (Wildman–Crippen LogP) is 3.72. The second kappa shape index (κ2) is 7.74. The first-order valence-corrected chi connectivity index (χ1v) is 9.40. The third-order valence-corrected chi connectivity index (χ3v) is 5.37. The Labute approximate surface area is 156 Å². The van der Waals surface area contributed by atoms with Gasteiger partial charge in [-0.3, -0.25) is 9.59 Å². The molecule has 0 saturated heterocycles. The summed E-state index contributed by atoms with van der Waals surface area (Å²) in [7, 11) is 1.62. The predicted molar refractivity (Wildman–Crippen MR) is 105 cm³/mol. The van der Waals surface area contributed by atoms with Crippen LogP contribution in [0.15, 0.2) is 41.3 Å². The molecular formula is C20H22N2O3S. The molecule has 2 aromatic heterocycles. The van der Waals surface area contributed by atoms with Gasteiger partial charge in [-0.2, -0.15) is 0 Å². The molecule has 0 saturated carbocycles. The number of aryl methyl sites for hydroxylation is 2. The third kappa shape index (κ3) is 3.51. The minimum Gasteiger partial charge on any atom is -0.497 e. The van der Waals surface area contributed by atoms with Gasteiger partial charge in [0, 0.05) is 28.9 Å². The van der Waals surface area contributed by atoms with Gasteiger partial charge in [0.25, 0.3) is 11.5 Å². The zero-order valence-corrected chi connectivity index (χ0v) is 16.0. The molecule has 6 heteroatoms. The van der Waals surface area contributed by atoms with Crippen molar-refractivity contribution in [3.8, 4) is 5.75 Å². The highest BCUT2D eigenvalue weighted by Gasteiger charge is 2.19. The summed E-state index contributed by atoms with van der Waals surface area (Å²) in [4.78, 5) is 26.4. The number of pyridine rings is 1. The molecule has 1 amide bonds. The lowest BCUT2D eigenvalue weighted by Crippen LogP contribution is -2.26. The van der Waals surface area contributed by atoms with Crippen molar-refractivity contribution in [1.82, 2.24) is 9.88 Å². The Hall–Kier alpha value is -2.60. The molecule has 0 atom stereocenters. The molecule has 26 heavy (non-hydrogen) atoms. The molecule has 1 N–H and O–H groups in total. The minimum absolute atomic E-state index is 0.0942. The van der Waals surface area contributed by atoms with Crippen molar-refractivity contribution in [2.75, 3.05) is 7.11 Å². The van der Waals surface area contributed by atoms with Crippen LogP contribution in [-0.4, -0.2) is 17.6 Å². The molecule has 0 radical (unpaired) electrons. The number of carbonyl (C=O) groups is 1. The van der Waals surface area contributed by atoms with Crippen molar-refractivity contribution < 1.29 is 9.53 Å². The Bertz CT molecular complexity index is 987. The number of nitrogens with one attached hydrogen (secondary N) is 1. The van der Waals surface area contributed by atoms with E-state index in [0.29, 0.717) is 24.0 Å². The Morgan fingerprint density at radius 2 is 1.96 bits per heavy atom. The first-order valence-electron chi connectivity index (χ1n) is 8.58. The molecule has 5 nitrogen and oxygen atoms in total. The van der Waals surface area contributed by atoms with E-state index in [1.807, 2.05) is 50.4 Å². The number of fused-ring (bicyclic) bond motifs is 1. The SMILES string of the molecule is CCCn1ccc2sc(C)c(C(=O)NCc3ccc(OC)cc3)c2c1=O. The van der Waals surface area contributed by atoms with Gasteiger partial charge in [-0.25, -0.2) is 0 Å². The first-order chi connectivity index (χ1) is 12.5. The van der Waals surface area contributed by atoms with Gasteiger partial charge in [0.2, 0.25) is 0 Å². The average Bonchev–Trinajstić information content (AvgIpc) is 2.99. The second-order valence-corrected chi connectivity index (χ2v) is 7.37. The third-order valence-electron chi connectivity index (χ3n) is 4.30. The fourth-order valence-corrected chi connectivity index (χ4v) is 4.02. The number of hydrogen-bond donors (Lipinski definition) is 1. The van der Waals surface area contributed by atoms with Crippen molar-refractivity contribution >= 4 is 27.3 Å². The number of rotatable bonds is 6. The number of carbonyl (C=O) groups excluding carboxylic acids is 1. The monoisotopic (exact) mass is 370 g/mol. The van der Waals surface area contributed by atoms with Crippen LogP contribution in [-0.2, 0) is 13.1 Å². The molecule has 0 spiro atoms. The molecule has 136 valence electrons. The van der Waals surface area contributed by atoms with Crippen LogP contribution >= 0.6 is 11.3 Å². The van der Waals surface area contributed by atoms with E-state index in [0.717, 1.165) is 27.3 Å². The maximum Gasteiger partial charge on any atom is 0.260 e. The fourth-order valence-electron chi connectivity index (χ4n) is 2.97. The van der Waals surface area contributed by atoms with Crippen LogP contribution in [0.2, 0.25) is 0 Å². The zero-order chi connectivity index (χ0) is 18.7. The molecule has 0 bridgehead atoms. The van der Waals surface area contributed by atoms with E-state index in [4.69, 9.17) is 4.74 Å².